The van der Waals surface area contributed by atoms with Gasteiger partial charge in [0.05, 0.1) is 25.9 Å². The molecule has 1 saturated carbocycles. The van der Waals surface area contributed by atoms with Crippen molar-refractivity contribution in [1.29, 1.82) is 0 Å². The summed E-state index contributed by atoms with van der Waals surface area (Å²) < 4.78 is 10.7. The lowest BCUT2D eigenvalue weighted by Crippen LogP contribution is -2.48. The number of rotatable bonds is 5. The van der Waals surface area contributed by atoms with Gasteiger partial charge >= 0.3 is 6.03 Å². The van der Waals surface area contributed by atoms with E-state index in [1.165, 1.54) is 32.1 Å². The maximum Gasteiger partial charge on any atom is 0.315 e. The second-order valence-corrected chi connectivity index (χ2v) is 5.95. The van der Waals surface area contributed by atoms with Gasteiger partial charge in [-0.3, -0.25) is 0 Å². The van der Waals surface area contributed by atoms with Crippen LogP contribution in [0.3, 0.4) is 0 Å². The summed E-state index contributed by atoms with van der Waals surface area (Å²) in [5, 5.41) is 15.2. The van der Waals surface area contributed by atoms with Crippen molar-refractivity contribution in [3.8, 4) is 0 Å². The Morgan fingerprint density at radius 2 is 1.71 bits per heavy atom. The fourth-order valence-corrected chi connectivity index (χ4v) is 2.97. The van der Waals surface area contributed by atoms with Gasteiger partial charge in [0.15, 0.2) is 6.29 Å². The molecule has 1 atom stereocenters. The highest BCUT2D eigenvalue weighted by molar-refractivity contribution is 5.74. The molecule has 1 heterocycles. The molecule has 2 rings (SSSR count). The highest BCUT2D eigenvalue weighted by Gasteiger charge is 2.23. The van der Waals surface area contributed by atoms with Crippen LogP contribution in [0.2, 0.25) is 0 Å². The monoisotopic (exact) mass is 300 g/mol. The predicted octanol–water partition coefficient (Wildman–Crippen LogP) is 1.52. The molecule has 6 nitrogen and oxygen atoms in total. The average molecular weight is 300 g/mol. The summed E-state index contributed by atoms with van der Waals surface area (Å²) in [5.74, 6) is 0. The number of urea groups is 1. The van der Waals surface area contributed by atoms with Crippen LogP contribution in [0.5, 0.6) is 0 Å². The number of hydrogen-bond acceptors (Lipinski definition) is 4. The molecule has 0 aromatic carbocycles. The van der Waals surface area contributed by atoms with Gasteiger partial charge in [0.2, 0.25) is 0 Å². The normalized spacial score (nSPS) is 23.3. The standard InChI is InChI=1S/C15H28N2O4/c18-11-13(10-14-20-8-9-21-14)17-15(19)16-12-6-4-2-1-3-5-7-12/h12-14,18H,1-11H2,(H2,16,17,19). The highest BCUT2D eigenvalue weighted by atomic mass is 16.7. The van der Waals surface area contributed by atoms with Gasteiger partial charge in [-0.05, 0) is 12.8 Å². The molecule has 6 heteroatoms. The number of amides is 2. The molecule has 1 aliphatic heterocycles. The van der Waals surface area contributed by atoms with Crippen molar-refractivity contribution >= 4 is 6.03 Å². The third-order valence-electron chi connectivity index (χ3n) is 4.16. The van der Waals surface area contributed by atoms with E-state index in [1.807, 2.05) is 0 Å². The van der Waals surface area contributed by atoms with Gasteiger partial charge in [-0.15, -0.1) is 0 Å². The van der Waals surface area contributed by atoms with Gasteiger partial charge in [0.1, 0.15) is 0 Å². The number of carbonyl (C=O) groups excluding carboxylic acids is 1. The minimum atomic E-state index is -0.332. The Kier molecular flexibility index (Phi) is 7.26. The van der Waals surface area contributed by atoms with E-state index >= 15 is 0 Å². The van der Waals surface area contributed by atoms with Gasteiger partial charge < -0.3 is 25.2 Å². The summed E-state index contributed by atoms with van der Waals surface area (Å²) in [6, 6.07) is -0.275. The molecule has 122 valence electrons. The molecule has 0 spiro atoms. The topological polar surface area (TPSA) is 79.8 Å². The summed E-state index contributed by atoms with van der Waals surface area (Å²) in [5.41, 5.74) is 0. The zero-order chi connectivity index (χ0) is 14.9. The Labute approximate surface area is 126 Å². The van der Waals surface area contributed by atoms with Crippen molar-refractivity contribution in [3.05, 3.63) is 0 Å². The lowest BCUT2D eigenvalue weighted by atomic mass is 9.97. The van der Waals surface area contributed by atoms with E-state index in [1.54, 1.807) is 0 Å². The van der Waals surface area contributed by atoms with Crippen LogP contribution in [0, 0.1) is 0 Å². The molecular formula is C15H28N2O4. The molecule has 2 aliphatic rings. The van der Waals surface area contributed by atoms with Gasteiger partial charge in [0.25, 0.3) is 0 Å². The maximum absolute atomic E-state index is 12.0. The zero-order valence-corrected chi connectivity index (χ0v) is 12.7. The Morgan fingerprint density at radius 1 is 1.10 bits per heavy atom. The molecule has 0 aromatic rings. The molecule has 2 amide bonds. The van der Waals surface area contributed by atoms with E-state index in [2.05, 4.69) is 10.6 Å². The van der Waals surface area contributed by atoms with E-state index in [4.69, 9.17) is 9.47 Å². The van der Waals surface area contributed by atoms with Crippen molar-refractivity contribution in [3.63, 3.8) is 0 Å². The van der Waals surface area contributed by atoms with Crippen LogP contribution in [-0.2, 0) is 9.47 Å². The number of aliphatic hydroxyl groups is 1. The van der Waals surface area contributed by atoms with Crippen LogP contribution < -0.4 is 10.6 Å². The number of nitrogens with one attached hydrogen (secondary N) is 2. The fraction of sp³-hybridized carbons (Fsp3) is 0.933. The molecule has 2 fully saturated rings. The first-order chi connectivity index (χ1) is 10.3. The van der Waals surface area contributed by atoms with Crippen LogP contribution in [0.25, 0.3) is 0 Å². The molecule has 0 radical (unpaired) electrons. The SMILES string of the molecule is O=C(NC1CCCCCCC1)NC(CO)CC1OCCO1. The maximum atomic E-state index is 12.0. The first kappa shape index (κ1) is 16.5. The minimum absolute atomic E-state index is 0.110. The average Bonchev–Trinajstić information content (AvgIpc) is 2.94. The van der Waals surface area contributed by atoms with Gasteiger partial charge in [-0.25, -0.2) is 4.79 Å². The minimum Gasteiger partial charge on any atom is -0.394 e. The molecule has 0 aromatic heterocycles. The molecular weight excluding hydrogens is 272 g/mol. The van der Waals surface area contributed by atoms with Crippen LogP contribution >= 0.6 is 0 Å². The molecule has 0 bridgehead atoms. The second-order valence-electron chi connectivity index (χ2n) is 5.95. The zero-order valence-electron chi connectivity index (χ0n) is 12.7. The summed E-state index contributed by atoms with van der Waals surface area (Å²) in [6.07, 6.45) is 8.45. The van der Waals surface area contributed by atoms with Crippen molar-refractivity contribution in [2.45, 2.75) is 69.7 Å². The summed E-state index contributed by atoms with van der Waals surface area (Å²) in [4.78, 5) is 12.0. The molecule has 1 unspecified atom stereocenters. The Morgan fingerprint density at radius 3 is 2.33 bits per heavy atom. The van der Waals surface area contributed by atoms with Crippen molar-refractivity contribution in [2.24, 2.45) is 0 Å². The summed E-state index contributed by atoms with van der Waals surface area (Å²) in [6.45, 7) is 1.05. The fourth-order valence-electron chi connectivity index (χ4n) is 2.97. The largest absolute Gasteiger partial charge is 0.394 e. The lowest BCUT2D eigenvalue weighted by molar-refractivity contribution is -0.0549. The van der Waals surface area contributed by atoms with Crippen molar-refractivity contribution in [1.82, 2.24) is 10.6 Å². The summed E-state index contributed by atoms with van der Waals surface area (Å²) >= 11 is 0. The number of hydrogen-bond donors (Lipinski definition) is 3. The molecule has 21 heavy (non-hydrogen) atoms. The van der Waals surface area contributed by atoms with Crippen LogP contribution in [0.15, 0.2) is 0 Å². The Balaban J connectivity index is 1.70. The predicted molar refractivity (Wildman–Crippen MR) is 79.0 cm³/mol. The van der Waals surface area contributed by atoms with E-state index in [9.17, 15) is 9.90 Å². The van der Waals surface area contributed by atoms with E-state index < -0.39 is 0 Å². The first-order valence-electron chi connectivity index (χ1n) is 8.19. The van der Waals surface area contributed by atoms with E-state index in [0.717, 1.165) is 12.8 Å². The Bertz CT molecular complexity index is 300. The lowest BCUT2D eigenvalue weighted by Gasteiger charge is -2.24. The second kappa shape index (κ2) is 9.23. The van der Waals surface area contributed by atoms with Crippen molar-refractivity contribution < 1.29 is 19.4 Å². The molecule has 1 saturated heterocycles. The Hall–Kier alpha value is -0.850. The third kappa shape index (κ3) is 6.20. The number of carbonyl (C=O) groups is 1. The smallest absolute Gasteiger partial charge is 0.315 e. The van der Waals surface area contributed by atoms with Gasteiger partial charge in [-0.2, -0.15) is 0 Å². The highest BCUT2D eigenvalue weighted by Crippen LogP contribution is 2.17. The van der Waals surface area contributed by atoms with E-state index in [-0.39, 0.29) is 31.0 Å². The summed E-state index contributed by atoms with van der Waals surface area (Å²) in [7, 11) is 0. The van der Waals surface area contributed by atoms with Gasteiger partial charge in [0, 0.05) is 12.5 Å². The molecule has 3 N–H and O–H groups in total. The first-order valence-corrected chi connectivity index (χ1v) is 8.19. The molecule has 1 aliphatic carbocycles. The van der Waals surface area contributed by atoms with Crippen LogP contribution in [0.4, 0.5) is 4.79 Å². The number of aliphatic hydroxyl groups excluding tert-OH is 1. The third-order valence-corrected chi connectivity index (χ3v) is 4.16. The quantitative estimate of drug-likeness (QED) is 0.719. The van der Waals surface area contributed by atoms with E-state index in [0.29, 0.717) is 19.6 Å². The van der Waals surface area contributed by atoms with Crippen LogP contribution in [-0.4, -0.2) is 49.3 Å². The van der Waals surface area contributed by atoms with Crippen molar-refractivity contribution in [2.75, 3.05) is 19.8 Å². The van der Waals surface area contributed by atoms with Gasteiger partial charge in [-0.1, -0.05) is 32.1 Å². The van der Waals surface area contributed by atoms with Crippen LogP contribution in [0.1, 0.15) is 51.4 Å². The number of ether oxygens (including phenoxy) is 2.